The molecule has 0 aromatic heterocycles. The van der Waals surface area contributed by atoms with Gasteiger partial charge in [0.2, 0.25) is 0 Å². The van der Waals surface area contributed by atoms with E-state index in [9.17, 15) is 4.79 Å². The Balaban J connectivity index is 2.58. The van der Waals surface area contributed by atoms with Crippen molar-refractivity contribution in [2.45, 2.75) is 26.8 Å². The molecular weight excluding hydrogens is 320 g/mol. The first-order valence-electron chi connectivity index (χ1n) is 6.94. The molecule has 1 N–H and O–H groups in total. The number of nitrogens with one attached hydrogen (secondary N) is 1. The van der Waals surface area contributed by atoms with Crippen LogP contribution in [0.1, 0.15) is 25.8 Å². The maximum absolute atomic E-state index is 11.7. The second-order valence-corrected chi connectivity index (χ2v) is 5.48. The molecule has 0 aliphatic heterocycles. The van der Waals surface area contributed by atoms with Gasteiger partial charge in [-0.25, -0.2) is 0 Å². The van der Waals surface area contributed by atoms with Gasteiger partial charge in [0.05, 0.1) is 0 Å². The first kappa shape index (κ1) is 17.0. The molecule has 4 nitrogen and oxygen atoms in total. The zero-order valence-electron chi connectivity index (χ0n) is 12.4. The van der Waals surface area contributed by atoms with Crippen molar-refractivity contribution in [1.82, 2.24) is 10.2 Å². The van der Waals surface area contributed by atoms with Crippen LogP contribution in [0.15, 0.2) is 22.7 Å². The molecule has 0 aliphatic rings. The van der Waals surface area contributed by atoms with E-state index in [1.165, 1.54) is 0 Å². The summed E-state index contributed by atoms with van der Waals surface area (Å²) in [6.07, 6.45) is 1.10. The lowest BCUT2D eigenvalue weighted by atomic mass is 10.2. The van der Waals surface area contributed by atoms with Gasteiger partial charge in [-0.15, -0.1) is 0 Å². The number of nitrogens with zero attached hydrogens (tertiary/aromatic N) is 1. The number of hydrogen-bond acceptors (Lipinski definition) is 3. The quantitative estimate of drug-likeness (QED) is 0.738. The monoisotopic (exact) mass is 342 g/mol. The molecule has 0 saturated heterocycles. The van der Waals surface area contributed by atoms with Gasteiger partial charge in [-0.1, -0.05) is 22.9 Å². The predicted octanol–water partition coefficient (Wildman–Crippen LogP) is 2.81. The minimum absolute atomic E-state index is 0.0129. The lowest BCUT2D eigenvalue weighted by Crippen LogP contribution is -2.31. The summed E-state index contributed by atoms with van der Waals surface area (Å²) in [5.74, 6) is 0.709. The summed E-state index contributed by atoms with van der Waals surface area (Å²) >= 11 is 3.53. The number of halogens is 1. The summed E-state index contributed by atoms with van der Waals surface area (Å²) in [5.41, 5.74) is 1.13. The van der Waals surface area contributed by atoms with Crippen molar-refractivity contribution in [3.8, 4) is 5.75 Å². The van der Waals surface area contributed by atoms with Crippen molar-refractivity contribution in [3.63, 3.8) is 0 Å². The van der Waals surface area contributed by atoms with Crippen LogP contribution in [0.4, 0.5) is 0 Å². The number of hydrogen-bond donors (Lipinski definition) is 1. The molecule has 0 unspecified atom stereocenters. The summed E-state index contributed by atoms with van der Waals surface area (Å²) < 4.78 is 6.60. The van der Waals surface area contributed by atoms with Crippen LogP contribution in [0, 0.1) is 0 Å². The number of ether oxygens (including phenoxy) is 1. The van der Waals surface area contributed by atoms with Crippen molar-refractivity contribution in [1.29, 1.82) is 0 Å². The Hall–Kier alpha value is -1.07. The molecule has 0 aliphatic carbocycles. The average Bonchev–Trinajstić information content (AvgIpc) is 2.46. The van der Waals surface area contributed by atoms with Crippen molar-refractivity contribution in [3.05, 3.63) is 28.2 Å². The first-order valence-corrected chi connectivity index (χ1v) is 7.73. The van der Waals surface area contributed by atoms with Crippen LogP contribution in [0.3, 0.4) is 0 Å². The summed E-state index contributed by atoms with van der Waals surface area (Å²) in [6.45, 7) is 6.61. The van der Waals surface area contributed by atoms with E-state index in [2.05, 4.69) is 28.2 Å². The minimum atomic E-state index is -0.0129. The van der Waals surface area contributed by atoms with Crippen LogP contribution in [0.25, 0.3) is 0 Å². The highest BCUT2D eigenvalue weighted by atomic mass is 79.9. The third-order valence-corrected chi connectivity index (χ3v) is 3.80. The molecule has 0 fully saturated rings. The predicted molar refractivity (Wildman–Crippen MR) is 84.9 cm³/mol. The van der Waals surface area contributed by atoms with Crippen molar-refractivity contribution < 1.29 is 9.53 Å². The zero-order chi connectivity index (χ0) is 15.0. The number of amides is 1. The average molecular weight is 343 g/mol. The zero-order valence-corrected chi connectivity index (χ0v) is 14.0. The summed E-state index contributed by atoms with van der Waals surface area (Å²) in [7, 11) is 1.77. The second-order valence-electron chi connectivity index (χ2n) is 4.63. The molecule has 0 saturated carbocycles. The Kier molecular flexibility index (Phi) is 7.62. The highest BCUT2D eigenvalue weighted by Gasteiger charge is 2.08. The standard InChI is InChI=1S/C15H23BrN2O2/c1-4-8-17-10-12-9-13(6-7-14(12)16)20-11-15(19)18(3)5-2/h6-7,9,17H,4-5,8,10-11H2,1-3H3. The topological polar surface area (TPSA) is 41.6 Å². The van der Waals surface area contributed by atoms with Gasteiger partial charge in [-0.2, -0.15) is 0 Å². The fraction of sp³-hybridized carbons (Fsp3) is 0.533. The molecule has 0 heterocycles. The molecule has 1 aromatic rings. The van der Waals surface area contributed by atoms with Gasteiger partial charge in [-0.3, -0.25) is 4.79 Å². The van der Waals surface area contributed by atoms with Gasteiger partial charge < -0.3 is 15.0 Å². The van der Waals surface area contributed by atoms with E-state index in [0.29, 0.717) is 6.54 Å². The van der Waals surface area contributed by atoms with E-state index in [0.717, 1.165) is 35.3 Å². The lowest BCUT2D eigenvalue weighted by molar-refractivity contribution is -0.131. The minimum Gasteiger partial charge on any atom is -0.484 e. The summed E-state index contributed by atoms with van der Waals surface area (Å²) in [4.78, 5) is 13.3. The van der Waals surface area contributed by atoms with Crippen LogP contribution in [-0.2, 0) is 11.3 Å². The van der Waals surface area contributed by atoms with E-state index in [1.54, 1.807) is 11.9 Å². The van der Waals surface area contributed by atoms with E-state index in [4.69, 9.17) is 4.74 Å². The molecule has 112 valence electrons. The highest BCUT2D eigenvalue weighted by Crippen LogP contribution is 2.22. The number of likely N-dealkylation sites (N-methyl/N-ethyl adjacent to an activating group) is 1. The fourth-order valence-corrected chi connectivity index (χ4v) is 1.99. The molecular formula is C15H23BrN2O2. The second kappa shape index (κ2) is 8.97. The van der Waals surface area contributed by atoms with Crippen LogP contribution in [0.5, 0.6) is 5.75 Å². The molecule has 0 bridgehead atoms. The van der Waals surface area contributed by atoms with Crippen LogP contribution >= 0.6 is 15.9 Å². The lowest BCUT2D eigenvalue weighted by Gasteiger charge is -2.15. The summed E-state index contributed by atoms with van der Waals surface area (Å²) in [6, 6.07) is 5.78. The Labute approximate surface area is 129 Å². The number of rotatable bonds is 8. The van der Waals surface area contributed by atoms with Gasteiger partial charge in [0.1, 0.15) is 5.75 Å². The van der Waals surface area contributed by atoms with Crippen molar-refractivity contribution >= 4 is 21.8 Å². The molecule has 1 amide bonds. The van der Waals surface area contributed by atoms with Crippen LogP contribution < -0.4 is 10.1 Å². The maximum atomic E-state index is 11.7. The number of carbonyl (C=O) groups is 1. The largest absolute Gasteiger partial charge is 0.484 e. The molecule has 20 heavy (non-hydrogen) atoms. The first-order chi connectivity index (χ1) is 9.58. The molecule has 0 radical (unpaired) electrons. The Morgan fingerprint density at radius 1 is 1.40 bits per heavy atom. The highest BCUT2D eigenvalue weighted by molar-refractivity contribution is 9.10. The molecule has 1 aromatic carbocycles. The Morgan fingerprint density at radius 2 is 2.15 bits per heavy atom. The van der Waals surface area contributed by atoms with Crippen LogP contribution in [0.2, 0.25) is 0 Å². The summed E-state index contributed by atoms with van der Waals surface area (Å²) in [5, 5.41) is 3.35. The van der Waals surface area contributed by atoms with Gasteiger partial charge in [-0.05, 0) is 43.7 Å². The Bertz CT molecular complexity index is 438. The van der Waals surface area contributed by atoms with Gasteiger partial charge in [0.25, 0.3) is 5.91 Å². The van der Waals surface area contributed by atoms with Gasteiger partial charge in [0.15, 0.2) is 6.61 Å². The number of carbonyl (C=O) groups excluding carboxylic acids is 1. The fourth-order valence-electron chi connectivity index (χ4n) is 1.61. The third kappa shape index (κ3) is 5.51. The van der Waals surface area contributed by atoms with Crippen molar-refractivity contribution in [2.75, 3.05) is 26.7 Å². The van der Waals surface area contributed by atoms with Gasteiger partial charge >= 0.3 is 0 Å². The Morgan fingerprint density at radius 3 is 2.80 bits per heavy atom. The smallest absolute Gasteiger partial charge is 0.260 e. The SMILES string of the molecule is CCCNCc1cc(OCC(=O)N(C)CC)ccc1Br. The molecule has 0 atom stereocenters. The van der Waals surface area contributed by atoms with Crippen LogP contribution in [-0.4, -0.2) is 37.6 Å². The van der Waals surface area contributed by atoms with Gasteiger partial charge in [0, 0.05) is 24.6 Å². The molecule has 1 rings (SSSR count). The van der Waals surface area contributed by atoms with E-state index in [-0.39, 0.29) is 12.5 Å². The molecule has 5 heteroatoms. The maximum Gasteiger partial charge on any atom is 0.260 e. The molecule has 0 spiro atoms. The van der Waals surface area contributed by atoms with E-state index >= 15 is 0 Å². The van der Waals surface area contributed by atoms with E-state index < -0.39 is 0 Å². The van der Waals surface area contributed by atoms with Crippen molar-refractivity contribution in [2.24, 2.45) is 0 Å². The number of benzene rings is 1. The van der Waals surface area contributed by atoms with E-state index in [1.807, 2.05) is 25.1 Å². The normalized spacial score (nSPS) is 10.4. The third-order valence-electron chi connectivity index (χ3n) is 3.02.